The molecule has 0 aliphatic carbocycles. The van der Waals surface area contributed by atoms with Gasteiger partial charge in [0.2, 0.25) is 0 Å². The molecular weight excluding hydrogens is 603 g/mol. The van der Waals surface area contributed by atoms with Gasteiger partial charge in [-0.05, 0) is 0 Å². The molecule has 0 N–H and O–H groups in total. The van der Waals surface area contributed by atoms with E-state index in [0.717, 1.165) is 33.5 Å². The fraction of sp³-hybridized carbons (Fsp3) is 0. The van der Waals surface area contributed by atoms with Crippen molar-refractivity contribution >= 4 is 40.9 Å². The second-order valence-corrected chi connectivity index (χ2v) is 12.8. The van der Waals surface area contributed by atoms with Gasteiger partial charge in [-0.3, -0.25) is 0 Å². The predicted octanol–water partition coefficient (Wildman–Crippen LogP) is 7.98. The summed E-state index contributed by atoms with van der Waals surface area (Å²) in [5.41, 5.74) is 8.88. The monoisotopic (exact) mass is 630 g/mol. The summed E-state index contributed by atoms with van der Waals surface area (Å²) >= 11 is 0.299. The molecule has 0 saturated carbocycles. The molecule has 0 bridgehead atoms. The molecule has 0 fully saturated rings. The number of para-hydroxylation sites is 2. The van der Waals surface area contributed by atoms with Gasteiger partial charge in [-0.25, -0.2) is 15.0 Å². The van der Waals surface area contributed by atoms with Crippen LogP contribution in [-0.4, -0.2) is 29.9 Å². The van der Waals surface area contributed by atoms with Crippen LogP contribution < -0.4 is 13.8 Å². The minimum Gasteiger partial charge on any atom is -0.208 e. The first-order valence-electron chi connectivity index (χ1n) is 14.5. The van der Waals surface area contributed by atoms with E-state index in [1.54, 1.807) is 0 Å². The fourth-order valence-electron chi connectivity index (χ4n) is 5.54. The zero-order chi connectivity index (χ0) is 29.3. The number of hydrogen-bond donors (Lipinski definition) is 0. The number of nitrogens with zero attached hydrogens (tertiary/aromatic N) is 4. The molecule has 0 saturated heterocycles. The molecule has 0 radical (unpaired) electrons. The number of anilines is 3. The van der Waals surface area contributed by atoms with E-state index in [9.17, 15) is 0 Å². The van der Waals surface area contributed by atoms with Crippen molar-refractivity contribution in [3.8, 4) is 45.3 Å². The molecule has 0 atom stereocenters. The standard InChI is InChI=1S/C39H26N4Se/c1-3-11-29(12-4-1)37-40-38(30-13-5-2-6-14-30)42-39(41-37)31-21-19-27(20-22-31)28-23-25-32(26-24-28)43-33-15-7-9-17-35(33)44-36-18-10-8-16-34(36)43/h1-26H. The van der Waals surface area contributed by atoms with Crippen molar-refractivity contribution in [1.29, 1.82) is 0 Å². The van der Waals surface area contributed by atoms with Crippen LogP contribution in [0.15, 0.2) is 158 Å². The van der Waals surface area contributed by atoms with E-state index in [0.29, 0.717) is 32.4 Å². The van der Waals surface area contributed by atoms with Gasteiger partial charge in [0, 0.05) is 11.1 Å². The third-order valence-electron chi connectivity index (χ3n) is 7.73. The average molecular weight is 630 g/mol. The molecule has 2 heterocycles. The zero-order valence-corrected chi connectivity index (χ0v) is 25.4. The molecule has 208 valence electrons. The van der Waals surface area contributed by atoms with Gasteiger partial charge in [-0.2, -0.15) is 0 Å². The van der Waals surface area contributed by atoms with Gasteiger partial charge in [0.15, 0.2) is 11.6 Å². The van der Waals surface area contributed by atoms with E-state index in [4.69, 9.17) is 15.0 Å². The van der Waals surface area contributed by atoms with Crippen LogP contribution in [-0.2, 0) is 0 Å². The second-order valence-electron chi connectivity index (χ2n) is 10.5. The Morgan fingerprint density at radius 3 is 1.18 bits per heavy atom. The van der Waals surface area contributed by atoms with E-state index in [2.05, 4.69) is 102 Å². The molecule has 0 amide bonds. The molecule has 1 aliphatic rings. The zero-order valence-electron chi connectivity index (χ0n) is 23.7. The van der Waals surface area contributed by atoms with Gasteiger partial charge in [0.05, 0.1) is 0 Å². The molecule has 1 aromatic heterocycles. The number of aromatic nitrogens is 3. The molecule has 4 nitrogen and oxygen atoms in total. The van der Waals surface area contributed by atoms with Crippen LogP contribution in [0.5, 0.6) is 0 Å². The van der Waals surface area contributed by atoms with Crippen molar-refractivity contribution in [3.63, 3.8) is 0 Å². The minimum absolute atomic E-state index is 0.299. The quantitative estimate of drug-likeness (QED) is 0.181. The summed E-state index contributed by atoms with van der Waals surface area (Å²) < 4.78 is 2.81. The maximum atomic E-state index is 4.88. The summed E-state index contributed by atoms with van der Waals surface area (Å²) in [6.45, 7) is 0. The maximum Gasteiger partial charge on any atom is -0.0512 e. The van der Waals surface area contributed by atoms with Gasteiger partial charge >= 0.3 is 165 Å². The summed E-state index contributed by atoms with van der Waals surface area (Å²) in [7, 11) is 0. The SMILES string of the molecule is c1ccc(-c2nc(-c3ccccc3)nc(-c3ccc(-c4ccc(N5c6ccccc6[Se]c6ccccc65)cc4)cc3)n2)cc1. The van der Waals surface area contributed by atoms with Crippen LogP contribution in [0.25, 0.3) is 45.3 Å². The Labute approximate surface area is 262 Å². The molecule has 8 rings (SSSR count). The Balaban J connectivity index is 1.12. The van der Waals surface area contributed by atoms with E-state index in [-0.39, 0.29) is 0 Å². The van der Waals surface area contributed by atoms with E-state index in [1.165, 1.54) is 20.3 Å². The van der Waals surface area contributed by atoms with Crippen molar-refractivity contribution in [3.05, 3.63) is 158 Å². The number of hydrogen-bond acceptors (Lipinski definition) is 4. The minimum atomic E-state index is 0.299. The number of fused-ring (bicyclic) bond motifs is 2. The summed E-state index contributed by atoms with van der Waals surface area (Å²) in [6, 6.07) is 55.0. The fourth-order valence-corrected chi connectivity index (χ4v) is 7.75. The largest absolute Gasteiger partial charge is 0.208 e. The third-order valence-corrected chi connectivity index (χ3v) is 10.1. The van der Waals surface area contributed by atoms with Crippen LogP contribution in [0.4, 0.5) is 17.1 Å². The van der Waals surface area contributed by atoms with E-state index >= 15 is 0 Å². The second kappa shape index (κ2) is 11.4. The topological polar surface area (TPSA) is 41.9 Å². The molecular formula is C39H26N4Se. The van der Waals surface area contributed by atoms with E-state index in [1.807, 2.05) is 60.7 Å². The van der Waals surface area contributed by atoms with Crippen LogP contribution in [0, 0.1) is 0 Å². The van der Waals surface area contributed by atoms with Gasteiger partial charge in [-0.15, -0.1) is 0 Å². The maximum absolute atomic E-state index is 4.88. The first-order chi connectivity index (χ1) is 21.8. The summed E-state index contributed by atoms with van der Waals surface area (Å²) in [5.74, 6) is 1.98. The molecule has 7 aromatic rings. The van der Waals surface area contributed by atoms with Crippen LogP contribution in [0.1, 0.15) is 0 Å². The Hall–Kier alpha value is -5.35. The van der Waals surface area contributed by atoms with Crippen molar-refractivity contribution in [1.82, 2.24) is 15.0 Å². The van der Waals surface area contributed by atoms with Crippen LogP contribution in [0.3, 0.4) is 0 Å². The third kappa shape index (κ3) is 4.99. The smallest absolute Gasteiger partial charge is 0.0512 e. The van der Waals surface area contributed by atoms with Crippen molar-refractivity contribution in [2.45, 2.75) is 0 Å². The summed E-state index contributed by atoms with van der Waals surface area (Å²) in [4.78, 5) is 17.0. The summed E-state index contributed by atoms with van der Waals surface area (Å²) in [5, 5.41) is 0. The van der Waals surface area contributed by atoms with Gasteiger partial charge in [0.1, 0.15) is 0 Å². The first-order valence-corrected chi connectivity index (χ1v) is 16.3. The van der Waals surface area contributed by atoms with Gasteiger partial charge in [-0.1, -0.05) is 60.7 Å². The first kappa shape index (κ1) is 26.3. The van der Waals surface area contributed by atoms with Crippen molar-refractivity contribution in [2.24, 2.45) is 0 Å². The molecule has 0 spiro atoms. The number of rotatable bonds is 5. The van der Waals surface area contributed by atoms with Gasteiger partial charge in [0.25, 0.3) is 0 Å². The van der Waals surface area contributed by atoms with Gasteiger partial charge < -0.3 is 0 Å². The predicted molar refractivity (Wildman–Crippen MR) is 181 cm³/mol. The average Bonchev–Trinajstić information content (AvgIpc) is 3.11. The van der Waals surface area contributed by atoms with E-state index < -0.39 is 0 Å². The molecule has 44 heavy (non-hydrogen) atoms. The van der Waals surface area contributed by atoms with Crippen molar-refractivity contribution < 1.29 is 0 Å². The Morgan fingerprint density at radius 1 is 0.341 bits per heavy atom. The van der Waals surface area contributed by atoms with Crippen molar-refractivity contribution in [2.75, 3.05) is 4.90 Å². The Bertz CT molecular complexity index is 1970. The number of benzene rings is 6. The molecule has 1 aliphatic heterocycles. The summed E-state index contributed by atoms with van der Waals surface area (Å²) in [6.07, 6.45) is 0. The molecule has 0 unspecified atom stereocenters. The Morgan fingerprint density at radius 2 is 0.705 bits per heavy atom. The van der Waals surface area contributed by atoms with Crippen LogP contribution >= 0.6 is 0 Å². The Kier molecular flexibility index (Phi) is 6.80. The molecule has 5 heteroatoms. The van der Waals surface area contributed by atoms with Crippen LogP contribution in [0.2, 0.25) is 0 Å². The normalized spacial score (nSPS) is 12.0. The molecule has 6 aromatic carbocycles.